The summed E-state index contributed by atoms with van der Waals surface area (Å²) in [7, 11) is 0. The average Bonchev–Trinajstić information content (AvgIpc) is 3.73. The van der Waals surface area contributed by atoms with Crippen LogP contribution in [0.4, 0.5) is 0 Å². The first kappa shape index (κ1) is 19.8. The Morgan fingerprint density at radius 1 is 0.613 bits per heavy atom. The van der Waals surface area contributed by atoms with Crippen LogP contribution in [0.25, 0.3) is 0 Å². The Labute approximate surface area is 181 Å². The van der Waals surface area contributed by atoms with Gasteiger partial charge in [0.1, 0.15) is 36.6 Å². The summed E-state index contributed by atoms with van der Waals surface area (Å²) < 4.78 is 41.4. The first-order chi connectivity index (χ1) is 15.3. The quantitative estimate of drug-likeness (QED) is 0.601. The van der Waals surface area contributed by atoms with E-state index in [0.717, 1.165) is 11.1 Å². The first-order valence-corrected chi connectivity index (χ1v) is 10.9. The summed E-state index contributed by atoms with van der Waals surface area (Å²) in [5.74, 6) is 0. The van der Waals surface area contributed by atoms with E-state index in [4.69, 9.17) is 33.2 Å². The third-order valence-corrected chi connectivity index (χ3v) is 6.11. The number of ether oxygens (including phenoxy) is 7. The third kappa shape index (κ3) is 4.40. The Bertz CT molecular complexity index is 791. The van der Waals surface area contributed by atoms with Crippen molar-refractivity contribution in [3.05, 3.63) is 71.8 Å². The van der Waals surface area contributed by atoms with Crippen LogP contribution in [0, 0.1) is 0 Å². The van der Waals surface area contributed by atoms with Gasteiger partial charge >= 0.3 is 0 Å². The molecule has 31 heavy (non-hydrogen) atoms. The fraction of sp³-hybridized carbons (Fsp3) is 0.500. The summed E-state index contributed by atoms with van der Waals surface area (Å²) in [6.07, 6.45) is -1.14. The van der Waals surface area contributed by atoms with Gasteiger partial charge in [0.15, 0.2) is 12.6 Å². The highest BCUT2D eigenvalue weighted by Crippen LogP contribution is 2.41. The lowest BCUT2D eigenvalue weighted by atomic mass is 10.1. The molecule has 0 aromatic heterocycles. The molecule has 0 radical (unpaired) electrons. The highest BCUT2D eigenvalue weighted by Gasteiger charge is 2.60. The SMILES string of the molecule is c1ccc(CO[C@@H]2OC[C@H](O[C@@H]3CO[C@H](OCc4ccccc4)[C@H]4O[C@H]43)[C@@H]3O[C@H]23)cc1. The summed E-state index contributed by atoms with van der Waals surface area (Å²) in [5, 5.41) is 0. The van der Waals surface area contributed by atoms with E-state index in [-0.39, 0.29) is 49.2 Å². The molecule has 0 saturated carbocycles. The summed E-state index contributed by atoms with van der Waals surface area (Å²) >= 11 is 0. The zero-order chi connectivity index (χ0) is 20.6. The maximum atomic E-state index is 6.25. The number of hydrogen-bond donors (Lipinski definition) is 0. The topological polar surface area (TPSA) is 71.2 Å². The van der Waals surface area contributed by atoms with Crippen LogP contribution in [0.5, 0.6) is 0 Å². The van der Waals surface area contributed by atoms with Crippen molar-refractivity contribution in [3.8, 4) is 0 Å². The van der Waals surface area contributed by atoms with E-state index in [1.54, 1.807) is 0 Å². The molecule has 7 heteroatoms. The minimum Gasteiger partial charge on any atom is -0.365 e. The van der Waals surface area contributed by atoms with Crippen LogP contribution in [0.3, 0.4) is 0 Å². The molecular formula is C24H26O7. The molecule has 4 aliphatic heterocycles. The first-order valence-electron chi connectivity index (χ1n) is 10.9. The van der Waals surface area contributed by atoms with Gasteiger partial charge in [-0.3, -0.25) is 0 Å². The normalized spacial score (nSPS) is 38.2. The van der Waals surface area contributed by atoms with E-state index in [1.807, 2.05) is 60.7 Å². The second kappa shape index (κ2) is 8.60. The van der Waals surface area contributed by atoms with Crippen LogP contribution in [-0.4, -0.2) is 62.4 Å². The number of benzene rings is 2. The molecule has 0 spiro atoms. The Morgan fingerprint density at radius 3 is 1.52 bits per heavy atom. The number of epoxide rings is 2. The largest absolute Gasteiger partial charge is 0.365 e. The fourth-order valence-corrected chi connectivity index (χ4v) is 4.32. The van der Waals surface area contributed by atoms with Crippen LogP contribution >= 0.6 is 0 Å². The minimum absolute atomic E-state index is 0.00113. The van der Waals surface area contributed by atoms with E-state index in [1.165, 1.54) is 0 Å². The molecule has 0 unspecified atom stereocenters. The lowest BCUT2D eigenvalue weighted by Crippen LogP contribution is -2.46. The molecule has 2 aromatic rings. The maximum Gasteiger partial charge on any atom is 0.186 e. The standard InChI is InChI=1S/C24H26O7/c1-3-7-15(8-4-1)11-25-23-21-19(30-21)17(13-27-23)29-18-14-28-24(22-20(18)31-22)26-12-16-9-5-2-6-10-16/h1-10,17-24H,11-14H2/t17-,18+,19-,20-,21-,22-,23+,24-/m0/s1. The summed E-state index contributed by atoms with van der Waals surface area (Å²) in [6, 6.07) is 20.1. The second-order valence-electron chi connectivity index (χ2n) is 8.34. The molecule has 2 aromatic carbocycles. The van der Waals surface area contributed by atoms with Crippen LogP contribution in [0.2, 0.25) is 0 Å². The molecule has 8 atom stereocenters. The molecule has 0 N–H and O–H groups in total. The smallest absolute Gasteiger partial charge is 0.186 e. The minimum atomic E-state index is -0.353. The van der Waals surface area contributed by atoms with Crippen molar-refractivity contribution in [1.82, 2.24) is 0 Å². The van der Waals surface area contributed by atoms with Gasteiger partial charge in [-0.15, -0.1) is 0 Å². The van der Waals surface area contributed by atoms with Crippen molar-refractivity contribution in [2.24, 2.45) is 0 Å². The number of fused-ring (bicyclic) bond motifs is 2. The van der Waals surface area contributed by atoms with Crippen molar-refractivity contribution < 1.29 is 33.2 Å². The third-order valence-electron chi connectivity index (χ3n) is 6.11. The molecule has 4 saturated heterocycles. The van der Waals surface area contributed by atoms with Gasteiger partial charge in [-0.25, -0.2) is 0 Å². The van der Waals surface area contributed by atoms with Crippen molar-refractivity contribution in [2.75, 3.05) is 13.2 Å². The molecule has 4 heterocycles. The molecular weight excluding hydrogens is 400 g/mol. The molecule has 6 rings (SSSR count). The molecule has 0 amide bonds. The fourth-order valence-electron chi connectivity index (χ4n) is 4.32. The van der Waals surface area contributed by atoms with Gasteiger partial charge in [-0.05, 0) is 11.1 Å². The number of rotatable bonds is 8. The zero-order valence-corrected chi connectivity index (χ0v) is 17.1. The van der Waals surface area contributed by atoms with Crippen molar-refractivity contribution in [1.29, 1.82) is 0 Å². The van der Waals surface area contributed by atoms with Gasteiger partial charge in [-0.1, -0.05) is 60.7 Å². The van der Waals surface area contributed by atoms with Gasteiger partial charge in [0.25, 0.3) is 0 Å². The van der Waals surface area contributed by atoms with Crippen molar-refractivity contribution >= 4 is 0 Å². The lowest BCUT2D eigenvalue weighted by Gasteiger charge is -2.31. The highest BCUT2D eigenvalue weighted by molar-refractivity contribution is 5.14. The number of hydrogen-bond acceptors (Lipinski definition) is 7. The van der Waals surface area contributed by atoms with Gasteiger partial charge in [0.05, 0.1) is 26.4 Å². The second-order valence-corrected chi connectivity index (χ2v) is 8.34. The van der Waals surface area contributed by atoms with E-state index >= 15 is 0 Å². The van der Waals surface area contributed by atoms with Gasteiger partial charge in [-0.2, -0.15) is 0 Å². The van der Waals surface area contributed by atoms with Gasteiger partial charge < -0.3 is 33.2 Å². The van der Waals surface area contributed by atoms with E-state index in [0.29, 0.717) is 26.4 Å². The molecule has 7 nitrogen and oxygen atoms in total. The van der Waals surface area contributed by atoms with Crippen molar-refractivity contribution in [2.45, 2.75) is 62.4 Å². The molecule has 4 fully saturated rings. The van der Waals surface area contributed by atoms with E-state index in [2.05, 4.69) is 0 Å². The maximum absolute atomic E-state index is 6.25. The summed E-state index contributed by atoms with van der Waals surface area (Å²) in [4.78, 5) is 0. The predicted molar refractivity (Wildman–Crippen MR) is 108 cm³/mol. The van der Waals surface area contributed by atoms with Crippen LogP contribution in [0.15, 0.2) is 60.7 Å². The monoisotopic (exact) mass is 426 g/mol. The van der Waals surface area contributed by atoms with E-state index < -0.39 is 0 Å². The Hall–Kier alpha value is -1.84. The van der Waals surface area contributed by atoms with Crippen LogP contribution in [0.1, 0.15) is 11.1 Å². The summed E-state index contributed by atoms with van der Waals surface area (Å²) in [5.41, 5.74) is 2.23. The Morgan fingerprint density at radius 2 is 1.06 bits per heavy atom. The van der Waals surface area contributed by atoms with Crippen LogP contribution < -0.4 is 0 Å². The van der Waals surface area contributed by atoms with Gasteiger partial charge in [0.2, 0.25) is 0 Å². The predicted octanol–water partition coefficient (Wildman–Crippen LogP) is 2.42. The Balaban J connectivity index is 0.951. The van der Waals surface area contributed by atoms with Gasteiger partial charge in [0, 0.05) is 0 Å². The molecule has 0 bridgehead atoms. The van der Waals surface area contributed by atoms with E-state index in [9.17, 15) is 0 Å². The average molecular weight is 426 g/mol. The van der Waals surface area contributed by atoms with Crippen LogP contribution in [-0.2, 0) is 46.4 Å². The highest BCUT2D eigenvalue weighted by atomic mass is 16.8. The van der Waals surface area contributed by atoms with Crippen molar-refractivity contribution in [3.63, 3.8) is 0 Å². The lowest BCUT2D eigenvalue weighted by molar-refractivity contribution is -0.216. The zero-order valence-electron chi connectivity index (χ0n) is 17.1. The molecule has 0 aliphatic carbocycles. The molecule has 164 valence electrons. The molecule has 4 aliphatic rings. The summed E-state index contributed by atoms with van der Waals surface area (Å²) in [6.45, 7) is 1.87. The Kier molecular flexibility index (Phi) is 5.49.